The van der Waals surface area contributed by atoms with Crippen LogP contribution >= 0.6 is 24.0 Å². The van der Waals surface area contributed by atoms with Gasteiger partial charge in [0.05, 0.1) is 0 Å². The fourth-order valence-corrected chi connectivity index (χ4v) is 3.22. The van der Waals surface area contributed by atoms with Crippen LogP contribution in [0.25, 0.3) is 0 Å². The summed E-state index contributed by atoms with van der Waals surface area (Å²) in [5, 5.41) is 6.96. The van der Waals surface area contributed by atoms with Crippen LogP contribution in [0.2, 0.25) is 0 Å². The summed E-state index contributed by atoms with van der Waals surface area (Å²) in [7, 11) is 1.85. The third-order valence-electron chi connectivity index (χ3n) is 4.78. The molecule has 0 saturated carbocycles. The molecule has 2 unspecified atom stereocenters. The van der Waals surface area contributed by atoms with Crippen molar-refractivity contribution >= 4 is 29.9 Å². The summed E-state index contributed by atoms with van der Waals surface area (Å²) >= 11 is 0. The molecule has 2 rings (SSSR count). The lowest BCUT2D eigenvalue weighted by molar-refractivity contribution is 0.183. The van der Waals surface area contributed by atoms with Gasteiger partial charge >= 0.3 is 0 Å². The highest BCUT2D eigenvalue weighted by molar-refractivity contribution is 14.0. The molecule has 4 nitrogen and oxygen atoms in total. The van der Waals surface area contributed by atoms with E-state index < -0.39 is 0 Å². The van der Waals surface area contributed by atoms with Crippen molar-refractivity contribution in [1.82, 2.24) is 15.5 Å². The van der Waals surface area contributed by atoms with Gasteiger partial charge in [-0.15, -0.1) is 24.0 Å². The molecule has 1 fully saturated rings. The molecule has 0 bridgehead atoms. The molecule has 24 heavy (non-hydrogen) atoms. The zero-order valence-electron chi connectivity index (χ0n) is 15.3. The second-order valence-corrected chi connectivity index (χ2v) is 6.55. The topological polar surface area (TPSA) is 39.7 Å². The quantitative estimate of drug-likeness (QED) is 0.402. The number of benzene rings is 1. The molecule has 1 heterocycles. The number of rotatable bonds is 6. The van der Waals surface area contributed by atoms with Crippen molar-refractivity contribution in [2.45, 2.75) is 32.6 Å². The molecule has 1 aliphatic rings. The number of hydrogen-bond donors (Lipinski definition) is 2. The van der Waals surface area contributed by atoms with Crippen molar-refractivity contribution in [2.24, 2.45) is 10.9 Å². The van der Waals surface area contributed by atoms with E-state index in [1.165, 1.54) is 31.5 Å². The zero-order valence-corrected chi connectivity index (χ0v) is 17.6. The van der Waals surface area contributed by atoms with Crippen molar-refractivity contribution in [1.29, 1.82) is 0 Å². The van der Waals surface area contributed by atoms with Gasteiger partial charge in [-0.25, -0.2) is 0 Å². The highest BCUT2D eigenvalue weighted by Crippen LogP contribution is 2.15. The van der Waals surface area contributed by atoms with E-state index in [4.69, 9.17) is 0 Å². The van der Waals surface area contributed by atoms with Gasteiger partial charge in [-0.2, -0.15) is 0 Å². The van der Waals surface area contributed by atoms with Crippen LogP contribution in [0, 0.1) is 5.92 Å². The SMILES string of the molecule is CCN1CCCC(CNC(=NC)NCC(C)c2ccccc2)C1.I. The Hall–Kier alpha value is -0.820. The summed E-state index contributed by atoms with van der Waals surface area (Å²) in [5.41, 5.74) is 1.36. The number of nitrogens with one attached hydrogen (secondary N) is 2. The summed E-state index contributed by atoms with van der Waals surface area (Å²) in [5.74, 6) is 2.12. The van der Waals surface area contributed by atoms with Crippen LogP contribution in [0.3, 0.4) is 0 Å². The number of nitrogens with zero attached hydrogens (tertiary/aromatic N) is 2. The molecule has 0 aromatic heterocycles. The molecular weight excluding hydrogens is 411 g/mol. The van der Waals surface area contributed by atoms with Gasteiger partial charge in [0.15, 0.2) is 5.96 Å². The Labute approximate surface area is 164 Å². The molecule has 0 amide bonds. The molecule has 0 aliphatic carbocycles. The Balaban J connectivity index is 0.00000288. The number of aliphatic imine (C=N–C) groups is 1. The first-order chi connectivity index (χ1) is 11.2. The molecule has 2 atom stereocenters. The molecular formula is C19H33IN4. The minimum absolute atomic E-state index is 0. The van der Waals surface area contributed by atoms with Crippen LogP contribution in [0.15, 0.2) is 35.3 Å². The van der Waals surface area contributed by atoms with Gasteiger partial charge in [0.25, 0.3) is 0 Å². The van der Waals surface area contributed by atoms with Gasteiger partial charge in [0, 0.05) is 26.7 Å². The largest absolute Gasteiger partial charge is 0.356 e. The third kappa shape index (κ3) is 6.97. The fourth-order valence-electron chi connectivity index (χ4n) is 3.22. The first-order valence-corrected chi connectivity index (χ1v) is 8.94. The van der Waals surface area contributed by atoms with Crippen molar-refractivity contribution in [3.63, 3.8) is 0 Å². The number of piperidine rings is 1. The van der Waals surface area contributed by atoms with Crippen molar-refractivity contribution in [3.8, 4) is 0 Å². The minimum Gasteiger partial charge on any atom is -0.356 e. The second kappa shape index (κ2) is 11.7. The second-order valence-electron chi connectivity index (χ2n) is 6.55. The maximum absolute atomic E-state index is 4.36. The van der Waals surface area contributed by atoms with E-state index in [9.17, 15) is 0 Å². The lowest BCUT2D eigenvalue weighted by Crippen LogP contribution is -2.45. The highest BCUT2D eigenvalue weighted by Gasteiger charge is 2.18. The molecule has 1 aromatic rings. The van der Waals surface area contributed by atoms with E-state index in [0.29, 0.717) is 5.92 Å². The number of likely N-dealkylation sites (tertiary alicyclic amines) is 1. The average molecular weight is 444 g/mol. The predicted molar refractivity (Wildman–Crippen MR) is 114 cm³/mol. The molecule has 136 valence electrons. The molecule has 1 saturated heterocycles. The zero-order chi connectivity index (χ0) is 16.5. The Morgan fingerprint density at radius 1 is 1.29 bits per heavy atom. The van der Waals surface area contributed by atoms with Crippen LogP contribution in [0.1, 0.15) is 38.2 Å². The van der Waals surface area contributed by atoms with E-state index in [2.05, 4.69) is 64.7 Å². The van der Waals surface area contributed by atoms with E-state index in [0.717, 1.165) is 31.5 Å². The van der Waals surface area contributed by atoms with Crippen LogP contribution in [-0.2, 0) is 0 Å². The summed E-state index contributed by atoms with van der Waals surface area (Å²) in [6.45, 7) is 10.0. The summed E-state index contributed by atoms with van der Waals surface area (Å²) in [6.07, 6.45) is 2.64. The maximum atomic E-state index is 4.36. The van der Waals surface area contributed by atoms with E-state index >= 15 is 0 Å². The lowest BCUT2D eigenvalue weighted by Gasteiger charge is -2.32. The van der Waals surface area contributed by atoms with Crippen LogP contribution in [0.5, 0.6) is 0 Å². The standard InChI is InChI=1S/C19H32N4.HI/c1-4-23-12-8-9-17(15-23)14-22-19(20-3)21-13-16(2)18-10-6-5-7-11-18;/h5-7,10-11,16-17H,4,8-9,12-15H2,1-3H3,(H2,20,21,22);1H. The predicted octanol–water partition coefficient (Wildman–Crippen LogP) is 3.31. The third-order valence-corrected chi connectivity index (χ3v) is 4.78. The highest BCUT2D eigenvalue weighted by atomic mass is 127. The Morgan fingerprint density at radius 3 is 2.71 bits per heavy atom. The van der Waals surface area contributed by atoms with Gasteiger partial charge in [0.2, 0.25) is 0 Å². The summed E-state index contributed by atoms with van der Waals surface area (Å²) in [4.78, 5) is 6.90. The van der Waals surface area contributed by atoms with Crippen LogP contribution < -0.4 is 10.6 Å². The maximum Gasteiger partial charge on any atom is 0.191 e. The molecule has 0 spiro atoms. The smallest absolute Gasteiger partial charge is 0.191 e. The van der Waals surface area contributed by atoms with Crippen molar-refractivity contribution in [3.05, 3.63) is 35.9 Å². The summed E-state index contributed by atoms with van der Waals surface area (Å²) in [6, 6.07) is 10.6. The molecule has 5 heteroatoms. The van der Waals surface area contributed by atoms with Gasteiger partial charge in [-0.3, -0.25) is 4.99 Å². The van der Waals surface area contributed by atoms with Crippen LogP contribution in [0.4, 0.5) is 0 Å². The average Bonchev–Trinajstić information content (AvgIpc) is 2.62. The first kappa shape index (κ1) is 21.2. The molecule has 0 radical (unpaired) electrons. The normalized spacial score (nSPS) is 20.1. The Kier molecular flexibility index (Phi) is 10.3. The van der Waals surface area contributed by atoms with Gasteiger partial charge in [0.1, 0.15) is 0 Å². The Bertz CT molecular complexity index is 478. The fraction of sp³-hybridized carbons (Fsp3) is 0.632. The molecule has 2 N–H and O–H groups in total. The van der Waals surface area contributed by atoms with Gasteiger partial charge in [-0.05, 0) is 43.3 Å². The molecule has 1 aliphatic heterocycles. The molecule has 1 aromatic carbocycles. The monoisotopic (exact) mass is 444 g/mol. The minimum atomic E-state index is 0. The lowest BCUT2D eigenvalue weighted by atomic mass is 9.98. The van der Waals surface area contributed by atoms with E-state index in [1.54, 1.807) is 0 Å². The summed E-state index contributed by atoms with van der Waals surface area (Å²) < 4.78 is 0. The number of hydrogen-bond acceptors (Lipinski definition) is 2. The number of guanidine groups is 1. The Morgan fingerprint density at radius 2 is 2.04 bits per heavy atom. The van der Waals surface area contributed by atoms with E-state index in [1.807, 2.05) is 7.05 Å². The van der Waals surface area contributed by atoms with E-state index in [-0.39, 0.29) is 24.0 Å². The number of halogens is 1. The first-order valence-electron chi connectivity index (χ1n) is 8.94. The van der Waals surface area contributed by atoms with Crippen molar-refractivity contribution < 1.29 is 0 Å². The van der Waals surface area contributed by atoms with Gasteiger partial charge < -0.3 is 15.5 Å². The van der Waals surface area contributed by atoms with Crippen molar-refractivity contribution in [2.75, 3.05) is 39.8 Å². The van der Waals surface area contributed by atoms with Crippen LogP contribution in [-0.4, -0.2) is 50.6 Å². The van der Waals surface area contributed by atoms with Gasteiger partial charge in [-0.1, -0.05) is 44.2 Å².